The first kappa shape index (κ1) is 17.4. The number of sulfonamides is 1. The van der Waals surface area contributed by atoms with Crippen LogP contribution in [0.25, 0.3) is 0 Å². The molecule has 3 rings (SSSR count). The van der Waals surface area contributed by atoms with Crippen molar-refractivity contribution >= 4 is 15.9 Å². The summed E-state index contributed by atoms with van der Waals surface area (Å²) in [5.74, 6) is 0.292. The van der Waals surface area contributed by atoms with Gasteiger partial charge in [-0.2, -0.15) is 0 Å². The third-order valence-corrected chi connectivity index (χ3v) is 6.96. The highest BCUT2D eigenvalue weighted by molar-refractivity contribution is 7.89. The van der Waals surface area contributed by atoms with Gasteiger partial charge in [0.1, 0.15) is 0 Å². The van der Waals surface area contributed by atoms with E-state index in [-0.39, 0.29) is 23.1 Å². The molecular weight excluding hydrogens is 324 g/mol. The second-order valence-corrected chi connectivity index (χ2v) is 9.10. The highest BCUT2D eigenvalue weighted by Crippen LogP contribution is 2.48. The predicted molar refractivity (Wildman–Crippen MR) is 93.8 cm³/mol. The molecule has 1 saturated heterocycles. The van der Waals surface area contributed by atoms with Crippen molar-refractivity contribution in [3.63, 3.8) is 0 Å². The largest absolute Gasteiger partial charge is 0.335 e. The number of carbonyl (C=O) groups excluding carboxylic acids is 1. The maximum atomic E-state index is 12.5. The summed E-state index contributed by atoms with van der Waals surface area (Å²) in [4.78, 5) is 14.5. The fourth-order valence-corrected chi connectivity index (χ4v) is 4.91. The van der Waals surface area contributed by atoms with Gasteiger partial charge in [0.15, 0.2) is 0 Å². The van der Waals surface area contributed by atoms with Gasteiger partial charge in [-0.1, -0.05) is 36.8 Å². The highest BCUT2D eigenvalue weighted by atomic mass is 32.2. The van der Waals surface area contributed by atoms with Crippen LogP contribution in [0.1, 0.15) is 44.6 Å². The molecule has 1 aromatic carbocycles. The van der Waals surface area contributed by atoms with Crippen LogP contribution in [0.15, 0.2) is 30.3 Å². The first-order chi connectivity index (χ1) is 11.5. The SMILES string of the molecule is CCS(=O)(=O)NC[C@@]12CCC[C@H]1N(Cc1ccccc1)C(=O)CC2. The molecule has 0 radical (unpaired) electrons. The lowest BCUT2D eigenvalue weighted by atomic mass is 9.74. The van der Waals surface area contributed by atoms with Crippen molar-refractivity contribution in [2.24, 2.45) is 5.41 Å². The predicted octanol–water partition coefficient (Wildman–Crippen LogP) is 2.29. The van der Waals surface area contributed by atoms with Crippen molar-refractivity contribution in [2.75, 3.05) is 12.3 Å². The molecule has 5 nitrogen and oxygen atoms in total. The molecule has 1 aliphatic carbocycles. The lowest BCUT2D eigenvalue weighted by Gasteiger charge is -2.46. The van der Waals surface area contributed by atoms with E-state index >= 15 is 0 Å². The smallest absolute Gasteiger partial charge is 0.223 e. The van der Waals surface area contributed by atoms with E-state index < -0.39 is 10.0 Å². The lowest BCUT2D eigenvalue weighted by Crippen LogP contribution is -2.55. The van der Waals surface area contributed by atoms with Gasteiger partial charge in [0.05, 0.1) is 5.75 Å². The third-order valence-electron chi connectivity index (χ3n) is 5.61. The van der Waals surface area contributed by atoms with Crippen molar-refractivity contribution in [1.29, 1.82) is 0 Å². The Morgan fingerprint density at radius 3 is 2.71 bits per heavy atom. The molecule has 132 valence electrons. The van der Waals surface area contributed by atoms with Crippen LogP contribution >= 0.6 is 0 Å². The van der Waals surface area contributed by atoms with E-state index in [1.54, 1.807) is 6.92 Å². The number of nitrogens with one attached hydrogen (secondary N) is 1. The molecule has 24 heavy (non-hydrogen) atoms. The van der Waals surface area contributed by atoms with E-state index in [2.05, 4.69) is 4.72 Å². The summed E-state index contributed by atoms with van der Waals surface area (Å²) in [6, 6.07) is 10.2. The monoisotopic (exact) mass is 350 g/mol. The molecule has 2 aliphatic rings. The Morgan fingerprint density at radius 2 is 2.00 bits per heavy atom. The van der Waals surface area contributed by atoms with Crippen LogP contribution in [0.4, 0.5) is 0 Å². The maximum absolute atomic E-state index is 12.5. The molecule has 1 aliphatic heterocycles. The van der Waals surface area contributed by atoms with Crippen LogP contribution in [0.5, 0.6) is 0 Å². The van der Waals surface area contributed by atoms with E-state index in [1.165, 1.54) is 0 Å². The number of carbonyl (C=O) groups is 1. The van der Waals surface area contributed by atoms with Gasteiger partial charge >= 0.3 is 0 Å². The van der Waals surface area contributed by atoms with Crippen molar-refractivity contribution in [2.45, 2.75) is 51.6 Å². The maximum Gasteiger partial charge on any atom is 0.223 e. The molecule has 6 heteroatoms. The normalized spacial score (nSPS) is 27.3. The van der Waals surface area contributed by atoms with Gasteiger partial charge in [-0.05, 0) is 31.7 Å². The average molecular weight is 350 g/mol. The van der Waals surface area contributed by atoms with Crippen molar-refractivity contribution < 1.29 is 13.2 Å². The molecule has 1 aromatic rings. The fraction of sp³-hybridized carbons (Fsp3) is 0.611. The minimum absolute atomic E-state index is 0.0976. The number of benzene rings is 1. The van der Waals surface area contributed by atoms with E-state index in [0.717, 1.165) is 31.2 Å². The van der Waals surface area contributed by atoms with Crippen molar-refractivity contribution in [3.05, 3.63) is 35.9 Å². The number of hydrogen-bond donors (Lipinski definition) is 1. The Hall–Kier alpha value is -1.40. The average Bonchev–Trinajstić information content (AvgIpc) is 3.02. The standard InChI is InChI=1S/C18H26N2O3S/c1-2-24(22,23)19-14-18-11-6-9-16(18)20(17(21)10-12-18)13-15-7-4-3-5-8-15/h3-5,7-8,16,19H,2,6,9-14H2,1H3/t16-,18+/m1/s1. The topological polar surface area (TPSA) is 66.5 Å². The first-order valence-electron chi connectivity index (χ1n) is 8.76. The second kappa shape index (κ2) is 6.84. The number of piperidine rings is 1. The zero-order valence-electron chi connectivity index (χ0n) is 14.2. The van der Waals surface area contributed by atoms with Crippen LogP contribution in [0.3, 0.4) is 0 Å². The van der Waals surface area contributed by atoms with Gasteiger partial charge < -0.3 is 4.90 Å². The minimum Gasteiger partial charge on any atom is -0.335 e. The summed E-state index contributed by atoms with van der Waals surface area (Å²) in [6.07, 6.45) is 4.30. The Balaban J connectivity index is 1.79. The summed E-state index contributed by atoms with van der Waals surface area (Å²) in [5, 5.41) is 0. The van der Waals surface area contributed by atoms with Gasteiger partial charge in [-0.3, -0.25) is 4.79 Å². The zero-order valence-corrected chi connectivity index (χ0v) is 15.0. The number of amides is 1. The quantitative estimate of drug-likeness (QED) is 0.856. The Labute approximate surface area is 144 Å². The Kier molecular flexibility index (Phi) is 4.97. The van der Waals surface area contributed by atoms with Gasteiger partial charge in [0.25, 0.3) is 0 Å². The molecule has 1 heterocycles. The van der Waals surface area contributed by atoms with Crippen molar-refractivity contribution in [1.82, 2.24) is 9.62 Å². The molecule has 2 atom stereocenters. The number of fused-ring (bicyclic) bond motifs is 1. The van der Waals surface area contributed by atoms with Crippen LogP contribution in [-0.4, -0.2) is 37.6 Å². The first-order valence-corrected chi connectivity index (χ1v) is 10.4. The van der Waals surface area contributed by atoms with E-state index in [0.29, 0.717) is 19.5 Å². The summed E-state index contributed by atoms with van der Waals surface area (Å²) in [6.45, 7) is 2.72. The van der Waals surface area contributed by atoms with Gasteiger partial charge in [-0.25, -0.2) is 13.1 Å². The molecule has 0 aromatic heterocycles. The Bertz CT molecular complexity index is 689. The lowest BCUT2D eigenvalue weighted by molar-refractivity contribution is -0.142. The van der Waals surface area contributed by atoms with Crippen LogP contribution in [-0.2, 0) is 21.4 Å². The molecule has 0 unspecified atom stereocenters. The van der Waals surface area contributed by atoms with Gasteiger partial charge in [0, 0.05) is 31.0 Å². The summed E-state index contributed by atoms with van der Waals surface area (Å²) >= 11 is 0. The fourth-order valence-electron chi connectivity index (χ4n) is 4.20. The summed E-state index contributed by atoms with van der Waals surface area (Å²) in [7, 11) is -3.21. The molecular formula is C18H26N2O3S. The van der Waals surface area contributed by atoms with Gasteiger partial charge in [-0.15, -0.1) is 0 Å². The third kappa shape index (κ3) is 3.49. The van der Waals surface area contributed by atoms with Gasteiger partial charge in [0.2, 0.25) is 15.9 Å². The number of nitrogens with zero attached hydrogens (tertiary/aromatic N) is 1. The van der Waals surface area contributed by atoms with Crippen molar-refractivity contribution in [3.8, 4) is 0 Å². The molecule has 1 amide bonds. The molecule has 0 spiro atoms. The highest BCUT2D eigenvalue weighted by Gasteiger charge is 2.50. The van der Waals surface area contributed by atoms with E-state index in [4.69, 9.17) is 0 Å². The summed E-state index contributed by atoms with van der Waals surface area (Å²) in [5.41, 5.74) is 1.02. The zero-order chi connectivity index (χ0) is 17.2. The second-order valence-electron chi connectivity index (χ2n) is 7.00. The molecule has 2 fully saturated rings. The van der Waals surface area contributed by atoms with E-state index in [9.17, 15) is 13.2 Å². The van der Waals surface area contributed by atoms with E-state index in [1.807, 2.05) is 35.2 Å². The Morgan fingerprint density at radius 1 is 1.25 bits per heavy atom. The van der Waals surface area contributed by atoms with Crippen LogP contribution < -0.4 is 4.72 Å². The number of likely N-dealkylation sites (tertiary alicyclic amines) is 1. The van der Waals surface area contributed by atoms with Crippen LogP contribution in [0, 0.1) is 5.41 Å². The molecule has 0 bridgehead atoms. The number of hydrogen-bond acceptors (Lipinski definition) is 3. The molecule has 1 N–H and O–H groups in total. The summed E-state index contributed by atoms with van der Waals surface area (Å²) < 4.78 is 26.5. The molecule has 1 saturated carbocycles. The van der Waals surface area contributed by atoms with Crippen LogP contribution in [0.2, 0.25) is 0 Å². The number of rotatable bonds is 6. The minimum atomic E-state index is -3.21.